The lowest BCUT2D eigenvalue weighted by Crippen LogP contribution is -2.50. The molecule has 21 heavy (non-hydrogen) atoms. The molecule has 0 aromatic carbocycles. The van der Waals surface area contributed by atoms with Crippen molar-refractivity contribution in [1.29, 1.82) is 0 Å². The Morgan fingerprint density at radius 1 is 1.00 bits per heavy atom. The number of hydrogen-bond donors (Lipinski definition) is 0. The highest BCUT2D eigenvalue weighted by atomic mass is 32.2. The molecule has 0 radical (unpaired) electrons. The van der Waals surface area contributed by atoms with Crippen LogP contribution in [0.15, 0.2) is 16.3 Å². The van der Waals surface area contributed by atoms with Gasteiger partial charge >= 0.3 is 0 Å². The Hall–Kier alpha value is -0.480. The lowest BCUT2D eigenvalue weighted by Gasteiger charge is -2.32. The number of hydrogen-bond acceptors (Lipinski definition) is 5. The van der Waals surface area contributed by atoms with Crippen molar-refractivity contribution in [2.24, 2.45) is 0 Å². The van der Waals surface area contributed by atoms with Crippen LogP contribution in [0.5, 0.6) is 0 Å². The van der Waals surface area contributed by atoms with Crippen molar-refractivity contribution in [2.45, 2.75) is 24.5 Å². The summed E-state index contributed by atoms with van der Waals surface area (Å²) in [5, 5.41) is 0. The van der Waals surface area contributed by atoms with E-state index in [1.54, 1.807) is 13.0 Å². The van der Waals surface area contributed by atoms with Crippen LogP contribution in [0.4, 0.5) is 0 Å². The van der Waals surface area contributed by atoms with Crippen molar-refractivity contribution in [1.82, 2.24) is 8.61 Å². The lowest BCUT2D eigenvalue weighted by atomic mass is 10.4. The highest BCUT2D eigenvalue weighted by molar-refractivity contribution is 7.91. The summed E-state index contributed by atoms with van der Waals surface area (Å²) >= 11 is 1.28. The fourth-order valence-electron chi connectivity index (χ4n) is 2.18. The second-order valence-corrected chi connectivity index (χ2v) is 10.4. The van der Waals surface area contributed by atoms with Crippen LogP contribution >= 0.6 is 11.3 Å². The predicted molar refractivity (Wildman–Crippen MR) is 83.5 cm³/mol. The Labute approximate surface area is 130 Å². The third kappa shape index (κ3) is 3.48. The molecule has 1 saturated heterocycles. The van der Waals surface area contributed by atoms with Crippen molar-refractivity contribution < 1.29 is 16.8 Å². The molecular weight excluding hydrogens is 332 g/mol. The molecule has 1 aromatic heterocycles. The van der Waals surface area contributed by atoms with Crippen LogP contribution < -0.4 is 0 Å². The summed E-state index contributed by atoms with van der Waals surface area (Å²) in [6.07, 6.45) is 0.808. The van der Waals surface area contributed by atoms with Gasteiger partial charge in [0.05, 0.1) is 5.75 Å². The van der Waals surface area contributed by atoms with Crippen LogP contribution in [-0.4, -0.2) is 57.4 Å². The zero-order chi connectivity index (χ0) is 15.7. The van der Waals surface area contributed by atoms with E-state index in [-0.39, 0.29) is 31.9 Å². The van der Waals surface area contributed by atoms with Gasteiger partial charge in [0.15, 0.2) is 0 Å². The van der Waals surface area contributed by atoms with Gasteiger partial charge in [0.25, 0.3) is 10.0 Å². The van der Waals surface area contributed by atoms with Crippen LogP contribution in [0.1, 0.15) is 18.7 Å². The van der Waals surface area contributed by atoms with Crippen LogP contribution in [0.25, 0.3) is 0 Å². The number of nitrogens with zero attached hydrogens (tertiary/aromatic N) is 2. The molecule has 0 atom stereocenters. The predicted octanol–water partition coefficient (Wildman–Crippen LogP) is 0.966. The van der Waals surface area contributed by atoms with Crippen molar-refractivity contribution in [3.63, 3.8) is 0 Å². The minimum absolute atomic E-state index is 0.0462. The quantitative estimate of drug-likeness (QED) is 0.791. The van der Waals surface area contributed by atoms with Gasteiger partial charge in [0, 0.05) is 31.1 Å². The molecule has 9 heteroatoms. The normalized spacial score (nSPS) is 19.0. The van der Waals surface area contributed by atoms with Gasteiger partial charge in [-0.1, -0.05) is 6.92 Å². The molecule has 1 aromatic rings. The molecule has 2 heterocycles. The minimum atomic E-state index is -3.50. The first-order valence-corrected chi connectivity index (χ1v) is 10.7. The number of sulfonamides is 2. The van der Waals surface area contributed by atoms with Gasteiger partial charge in [-0.3, -0.25) is 0 Å². The van der Waals surface area contributed by atoms with Gasteiger partial charge in [0.1, 0.15) is 4.21 Å². The molecule has 0 spiro atoms. The second-order valence-electron chi connectivity index (χ2n) is 4.78. The smallest absolute Gasteiger partial charge is 0.212 e. The molecule has 0 N–H and O–H groups in total. The number of rotatable bonds is 5. The first kappa shape index (κ1) is 16.9. The standard InChI is InChI=1S/C12H20N2O4S3/c1-3-11-5-6-12(19-11)21(17,18)14-9-7-13(8-10-14)20(15,16)4-2/h5-6H,3-4,7-10H2,1-2H3. The summed E-state index contributed by atoms with van der Waals surface area (Å²) in [4.78, 5) is 1.03. The molecule has 1 aliphatic rings. The fourth-order valence-corrected chi connectivity index (χ4v) is 6.14. The Morgan fingerprint density at radius 3 is 2.05 bits per heavy atom. The highest BCUT2D eigenvalue weighted by Crippen LogP contribution is 2.26. The third-order valence-corrected chi connectivity index (χ3v) is 9.01. The van der Waals surface area contributed by atoms with Gasteiger partial charge in [-0.05, 0) is 25.5 Å². The van der Waals surface area contributed by atoms with E-state index >= 15 is 0 Å². The zero-order valence-corrected chi connectivity index (χ0v) is 14.6. The molecule has 0 amide bonds. The molecule has 2 rings (SSSR count). The van der Waals surface area contributed by atoms with E-state index in [0.29, 0.717) is 4.21 Å². The molecule has 0 saturated carbocycles. The first-order valence-electron chi connectivity index (χ1n) is 6.88. The molecule has 6 nitrogen and oxygen atoms in total. The van der Waals surface area contributed by atoms with Crippen molar-refractivity contribution in [2.75, 3.05) is 31.9 Å². The molecular formula is C12H20N2O4S3. The molecule has 120 valence electrons. The summed E-state index contributed by atoms with van der Waals surface area (Å²) < 4.78 is 51.7. The van der Waals surface area contributed by atoms with Crippen molar-refractivity contribution in [3.8, 4) is 0 Å². The average Bonchev–Trinajstić information content (AvgIpc) is 2.97. The SMILES string of the molecule is CCc1ccc(S(=O)(=O)N2CCN(S(=O)(=O)CC)CC2)s1. The van der Waals surface area contributed by atoms with E-state index in [0.717, 1.165) is 11.3 Å². The van der Waals surface area contributed by atoms with E-state index < -0.39 is 20.0 Å². The third-order valence-electron chi connectivity index (χ3n) is 3.54. The molecule has 1 fully saturated rings. The van der Waals surface area contributed by atoms with Crippen molar-refractivity contribution in [3.05, 3.63) is 17.0 Å². The fraction of sp³-hybridized carbons (Fsp3) is 0.667. The van der Waals surface area contributed by atoms with Crippen LogP contribution in [-0.2, 0) is 26.5 Å². The molecule has 0 aliphatic carbocycles. The van der Waals surface area contributed by atoms with E-state index in [1.165, 1.54) is 19.9 Å². The number of aryl methyl sites for hydroxylation is 1. The monoisotopic (exact) mass is 352 g/mol. The largest absolute Gasteiger partial charge is 0.252 e. The summed E-state index contributed by atoms with van der Waals surface area (Å²) in [7, 11) is -6.74. The highest BCUT2D eigenvalue weighted by Gasteiger charge is 2.32. The maximum atomic E-state index is 12.5. The molecule has 0 unspecified atom stereocenters. The molecule has 0 bridgehead atoms. The van der Waals surface area contributed by atoms with Gasteiger partial charge in [0.2, 0.25) is 10.0 Å². The van der Waals surface area contributed by atoms with E-state index in [1.807, 2.05) is 13.0 Å². The second kappa shape index (κ2) is 6.33. The lowest BCUT2D eigenvalue weighted by molar-refractivity contribution is 0.273. The number of piperazine rings is 1. The summed E-state index contributed by atoms with van der Waals surface area (Å²) in [5.41, 5.74) is 0. The summed E-state index contributed by atoms with van der Waals surface area (Å²) in [5.74, 6) is 0.0462. The van der Waals surface area contributed by atoms with Crippen LogP contribution in [0, 0.1) is 0 Å². The van der Waals surface area contributed by atoms with E-state index in [4.69, 9.17) is 0 Å². The Bertz CT molecular complexity index is 686. The summed E-state index contributed by atoms with van der Waals surface area (Å²) in [6.45, 7) is 4.44. The van der Waals surface area contributed by atoms with Gasteiger partial charge < -0.3 is 0 Å². The maximum Gasteiger partial charge on any atom is 0.252 e. The van der Waals surface area contributed by atoms with Crippen molar-refractivity contribution >= 4 is 31.4 Å². The van der Waals surface area contributed by atoms with Gasteiger partial charge in [-0.2, -0.15) is 8.61 Å². The maximum absolute atomic E-state index is 12.5. The first-order chi connectivity index (χ1) is 9.81. The minimum Gasteiger partial charge on any atom is -0.212 e. The summed E-state index contributed by atoms with van der Waals surface area (Å²) in [6, 6.07) is 3.46. The van der Waals surface area contributed by atoms with Crippen LogP contribution in [0.2, 0.25) is 0 Å². The zero-order valence-electron chi connectivity index (χ0n) is 12.1. The van der Waals surface area contributed by atoms with Gasteiger partial charge in [-0.25, -0.2) is 16.8 Å². The van der Waals surface area contributed by atoms with Gasteiger partial charge in [-0.15, -0.1) is 11.3 Å². The van der Waals surface area contributed by atoms with E-state index in [2.05, 4.69) is 0 Å². The topological polar surface area (TPSA) is 74.8 Å². The van der Waals surface area contributed by atoms with Crippen LogP contribution in [0.3, 0.4) is 0 Å². The Morgan fingerprint density at radius 2 is 1.57 bits per heavy atom. The number of thiophene rings is 1. The Kier molecular flexibility index (Phi) is 5.09. The van der Waals surface area contributed by atoms with E-state index in [9.17, 15) is 16.8 Å². The average molecular weight is 353 g/mol. The molecule has 1 aliphatic heterocycles. The Balaban J connectivity index is 2.11.